The average molecular weight is 491 g/mol. The Bertz CT molecular complexity index is 1260. The maximum Gasteiger partial charge on any atom is 0.335 e. The average Bonchev–Trinajstić information content (AvgIpc) is 3.27. The van der Waals surface area contributed by atoms with Gasteiger partial charge >= 0.3 is 11.9 Å². The van der Waals surface area contributed by atoms with E-state index in [9.17, 15) is 23.1 Å². The number of benzene rings is 1. The van der Waals surface area contributed by atoms with Gasteiger partial charge in [0.15, 0.2) is 5.13 Å². The van der Waals surface area contributed by atoms with Crippen LogP contribution in [0.25, 0.3) is 0 Å². The van der Waals surface area contributed by atoms with Crippen LogP contribution in [0.15, 0.2) is 29.2 Å². The minimum absolute atomic E-state index is 0.0227. The van der Waals surface area contributed by atoms with E-state index < -0.39 is 16.0 Å². The smallest absolute Gasteiger partial charge is 0.335 e. The van der Waals surface area contributed by atoms with E-state index in [4.69, 9.17) is 4.74 Å². The number of aromatic nitrogens is 1. The number of nitrogens with zero attached hydrogens (tertiary/aromatic N) is 1. The second-order valence-corrected chi connectivity index (χ2v) is 12.6. The van der Waals surface area contributed by atoms with Gasteiger partial charge in [0.05, 0.1) is 22.1 Å². The van der Waals surface area contributed by atoms with Crippen LogP contribution in [0.4, 0.5) is 5.13 Å². The highest BCUT2D eigenvalue weighted by atomic mass is 32.2. The number of carbonyl (C=O) groups is 2. The minimum atomic E-state index is -3.99. The van der Waals surface area contributed by atoms with E-state index in [0.29, 0.717) is 0 Å². The van der Waals surface area contributed by atoms with Crippen molar-refractivity contribution in [2.24, 2.45) is 23.2 Å². The molecule has 1 aromatic heterocycles. The van der Waals surface area contributed by atoms with Crippen LogP contribution >= 0.6 is 11.3 Å². The number of carboxylic acids is 1. The minimum Gasteiger partial charge on any atom is -0.478 e. The number of thiazole rings is 1. The van der Waals surface area contributed by atoms with Gasteiger partial charge in [0.25, 0.3) is 10.0 Å². The van der Waals surface area contributed by atoms with Gasteiger partial charge < -0.3 is 9.84 Å². The molecule has 33 heavy (non-hydrogen) atoms. The monoisotopic (exact) mass is 490 g/mol. The molecule has 2 heterocycles. The number of aromatic carboxylic acids is 1. The molecule has 6 unspecified atom stereocenters. The molecule has 1 aromatic carbocycles. The number of nitrogens with one attached hydrogen (secondary N) is 1. The predicted molar refractivity (Wildman–Crippen MR) is 122 cm³/mol. The molecular weight excluding hydrogens is 464 g/mol. The van der Waals surface area contributed by atoms with Crippen LogP contribution < -0.4 is 4.72 Å². The molecule has 10 heteroatoms. The maximum absolute atomic E-state index is 12.9. The summed E-state index contributed by atoms with van der Waals surface area (Å²) in [5.41, 5.74) is 0.712. The Hall–Kier alpha value is -2.46. The Morgan fingerprint density at radius 3 is 2.79 bits per heavy atom. The van der Waals surface area contributed by atoms with Gasteiger partial charge in [-0.3, -0.25) is 9.52 Å². The first-order valence-corrected chi connectivity index (χ1v) is 13.4. The van der Waals surface area contributed by atoms with Crippen LogP contribution in [-0.2, 0) is 26.0 Å². The fourth-order valence-electron chi connectivity index (χ4n) is 6.09. The van der Waals surface area contributed by atoms with E-state index in [1.165, 1.54) is 29.5 Å². The van der Waals surface area contributed by atoms with Crippen molar-refractivity contribution in [2.45, 2.75) is 57.0 Å². The fourth-order valence-corrected chi connectivity index (χ4v) is 8.64. The molecule has 8 nitrogen and oxygen atoms in total. The Morgan fingerprint density at radius 1 is 1.30 bits per heavy atom. The lowest BCUT2D eigenvalue weighted by Gasteiger charge is -2.51. The molecular formula is C23H26N2O6S2. The van der Waals surface area contributed by atoms with Crippen LogP contribution in [0.2, 0.25) is 0 Å². The maximum atomic E-state index is 12.9. The van der Waals surface area contributed by atoms with Crippen LogP contribution in [0.1, 0.15) is 60.5 Å². The number of esters is 1. The second-order valence-electron chi connectivity index (χ2n) is 9.80. The van der Waals surface area contributed by atoms with Crippen LogP contribution in [-0.4, -0.2) is 36.6 Å². The third-order valence-corrected chi connectivity index (χ3v) is 10.2. The van der Waals surface area contributed by atoms with Crippen molar-refractivity contribution >= 4 is 38.4 Å². The Labute approximate surface area is 196 Å². The topological polar surface area (TPSA) is 123 Å². The lowest BCUT2D eigenvalue weighted by molar-refractivity contribution is -0.149. The van der Waals surface area contributed by atoms with Crippen LogP contribution in [0.5, 0.6) is 0 Å². The van der Waals surface area contributed by atoms with Gasteiger partial charge in [0.2, 0.25) is 0 Å². The summed E-state index contributed by atoms with van der Waals surface area (Å²) in [7, 11) is -3.99. The molecule has 3 aliphatic rings. The lowest BCUT2D eigenvalue weighted by Crippen LogP contribution is -2.50. The summed E-state index contributed by atoms with van der Waals surface area (Å²) in [6.07, 6.45) is 2.57. The number of ether oxygens (including phenoxy) is 1. The number of anilines is 1. The van der Waals surface area contributed by atoms with Crippen molar-refractivity contribution in [3.05, 3.63) is 40.4 Å². The van der Waals surface area contributed by atoms with Gasteiger partial charge in [0, 0.05) is 22.6 Å². The van der Waals surface area contributed by atoms with E-state index >= 15 is 0 Å². The summed E-state index contributed by atoms with van der Waals surface area (Å²) in [4.78, 5) is 29.1. The first-order chi connectivity index (χ1) is 15.5. The first-order valence-electron chi connectivity index (χ1n) is 11.1. The molecule has 5 rings (SSSR count). The number of carboxylic acid groups (broad SMARTS) is 1. The van der Waals surface area contributed by atoms with Crippen molar-refractivity contribution in [3.8, 4) is 0 Å². The molecule has 2 N–H and O–H groups in total. The normalized spacial score (nSPS) is 32.9. The van der Waals surface area contributed by atoms with Gasteiger partial charge in [-0.25, -0.2) is 18.2 Å². The lowest BCUT2D eigenvalue weighted by atomic mass is 9.54. The zero-order chi connectivity index (χ0) is 23.7. The number of carbonyl (C=O) groups excluding carboxylic acids is 1. The summed E-state index contributed by atoms with van der Waals surface area (Å²) in [5, 5.41) is 9.44. The van der Waals surface area contributed by atoms with E-state index in [1.807, 2.05) is 6.92 Å². The molecule has 2 aliphatic carbocycles. The number of rotatable bonds is 4. The Balaban J connectivity index is 1.45. The SMILES string of the molecule is CC1C(=O)OC2C1CCC1(C)Cc3sc(NS(=O)(=O)c4cccc(C(=O)O)c4)nc3C(C)C21. The molecule has 1 saturated carbocycles. The quantitative estimate of drug-likeness (QED) is 0.623. The number of hydrogen-bond donors (Lipinski definition) is 2. The van der Waals surface area contributed by atoms with E-state index in [-0.39, 0.29) is 56.8 Å². The number of hydrogen-bond acceptors (Lipinski definition) is 7. The highest BCUT2D eigenvalue weighted by molar-refractivity contribution is 7.93. The summed E-state index contributed by atoms with van der Waals surface area (Å²) >= 11 is 1.33. The highest BCUT2D eigenvalue weighted by Gasteiger charge is 2.58. The molecule has 0 spiro atoms. The van der Waals surface area contributed by atoms with Crippen molar-refractivity contribution in [1.82, 2.24) is 4.98 Å². The Kier molecular flexibility index (Phi) is 5.09. The molecule has 0 bridgehead atoms. The van der Waals surface area contributed by atoms with Crippen molar-refractivity contribution in [2.75, 3.05) is 4.72 Å². The fraction of sp³-hybridized carbons (Fsp3) is 0.522. The van der Waals surface area contributed by atoms with Crippen LogP contribution in [0, 0.1) is 23.2 Å². The van der Waals surface area contributed by atoms with Gasteiger partial charge in [-0.2, -0.15) is 0 Å². The highest BCUT2D eigenvalue weighted by Crippen LogP contribution is 2.59. The Morgan fingerprint density at radius 2 is 2.06 bits per heavy atom. The standard InChI is InChI=1S/C23H26N2O6S2/c1-11-15-7-8-23(3)10-16-18(12(2)17(23)19(15)31-21(11)28)24-22(32-16)25-33(29,30)14-6-4-5-13(9-14)20(26)27/h4-6,9,11-12,15,17,19H,7-8,10H2,1-3H3,(H,24,25)(H,26,27). The van der Waals surface area contributed by atoms with Crippen molar-refractivity contribution < 1.29 is 27.9 Å². The molecule has 176 valence electrons. The van der Waals surface area contributed by atoms with Gasteiger partial charge in [-0.15, -0.1) is 11.3 Å². The van der Waals surface area contributed by atoms with E-state index in [2.05, 4.69) is 23.6 Å². The first kappa shape index (κ1) is 22.3. The van der Waals surface area contributed by atoms with Crippen molar-refractivity contribution in [3.63, 3.8) is 0 Å². The second kappa shape index (κ2) is 7.53. The van der Waals surface area contributed by atoms with Crippen molar-refractivity contribution in [1.29, 1.82) is 0 Å². The third-order valence-electron chi connectivity index (χ3n) is 7.77. The largest absolute Gasteiger partial charge is 0.478 e. The number of fused-ring (bicyclic) bond motifs is 4. The zero-order valence-electron chi connectivity index (χ0n) is 18.6. The molecule has 1 saturated heterocycles. The number of sulfonamides is 1. The molecule has 2 fully saturated rings. The summed E-state index contributed by atoms with van der Waals surface area (Å²) in [5.74, 6) is -1.03. The summed E-state index contributed by atoms with van der Waals surface area (Å²) in [6.45, 7) is 6.28. The molecule has 6 atom stereocenters. The predicted octanol–water partition coefficient (Wildman–Crippen LogP) is 3.90. The molecule has 0 radical (unpaired) electrons. The molecule has 2 aromatic rings. The van der Waals surface area contributed by atoms with Crippen LogP contribution in [0.3, 0.4) is 0 Å². The van der Waals surface area contributed by atoms with Gasteiger partial charge in [-0.05, 0) is 42.9 Å². The van der Waals surface area contributed by atoms with E-state index in [1.54, 1.807) is 0 Å². The van der Waals surface area contributed by atoms with Gasteiger partial charge in [-0.1, -0.05) is 26.8 Å². The van der Waals surface area contributed by atoms with E-state index in [0.717, 1.165) is 35.9 Å². The van der Waals surface area contributed by atoms with Gasteiger partial charge in [0.1, 0.15) is 6.10 Å². The zero-order valence-corrected chi connectivity index (χ0v) is 20.2. The molecule has 0 amide bonds. The summed E-state index contributed by atoms with van der Waals surface area (Å²) in [6, 6.07) is 5.23. The summed E-state index contributed by atoms with van der Waals surface area (Å²) < 4.78 is 34.2. The third kappa shape index (κ3) is 3.54. The molecule has 1 aliphatic heterocycles.